The summed E-state index contributed by atoms with van der Waals surface area (Å²) < 4.78 is 0. The number of hydrogen-bond acceptors (Lipinski definition) is 4. The highest BCUT2D eigenvalue weighted by Crippen LogP contribution is 2.10. The van der Waals surface area contributed by atoms with E-state index in [4.69, 9.17) is 0 Å². The van der Waals surface area contributed by atoms with Crippen molar-refractivity contribution < 1.29 is 9.59 Å². The molecule has 2 rings (SSSR count). The highest BCUT2D eigenvalue weighted by Gasteiger charge is 2.04. The summed E-state index contributed by atoms with van der Waals surface area (Å²) in [5.41, 5.74) is 5.30. The van der Waals surface area contributed by atoms with Crippen molar-refractivity contribution in [1.82, 2.24) is 16.1 Å². The Morgan fingerprint density at radius 1 is 1.00 bits per heavy atom. The summed E-state index contributed by atoms with van der Waals surface area (Å²) in [6.45, 7) is 0.243. The fraction of sp³-hybridized carbons (Fsp3) is 0.211. The average Bonchev–Trinajstić information content (AvgIpc) is 2.66. The van der Waals surface area contributed by atoms with Crippen molar-refractivity contribution in [1.29, 1.82) is 0 Å². The van der Waals surface area contributed by atoms with Crippen LogP contribution < -0.4 is 21.0 Å². The van der Waals surface area contributed by atoms with Gasteiger partial charge in [0.25, 0.3) is 5.91 Å². The number of carbonyl (C=O) groups is 2. The number of carbonyl (C=O) groups excluding carboxylic acids is 2. The molecule has 0 aliphatic carbocycles. The molecule has 0 saturated heterocycles. The maximum Gasteiger partial charge on any atom is 0.315 e. The fourth-order valence-electron chi connectivity index (χ4n) is 2.08. The first-order valence-corrected chi connectivity index (χ1v) is 8.19. The van der Waals surface area contributed by atoms with Gasteiger partial charge in [0.05, 0.1) is 6.21 Å². The van der Waals surface area contributed by atoms with E-state index in [1.165, 1.54) is 0 Å². The number of nitrogens with zero attached hydrogens (tertiary/aromatic N) is 2. The molecular weight excluding hydrogens is 330 g/mol. The molecule has 0 heterocycles. The molecule has 0 aromatic heterocycles. The van der Waals surface area contributed by atoms with Crippen LogP contribution in [0.5, 0.6) is 0 Å². The fourth-order valence-corrected chi connectivity index (χ4v) is 2.08. The van der Waals surface area contributed by atoms with Gasteiger partial charge in [-0.3, -0.25) is 4.79 Å². The minimum absolute atomic E-state index is 0.155. The topological polar surface area (TPSA) is 85.8 Å². The van der Waals surface area contributed by atoms with E-state index in [-0.39, 0.29) is 6.54 Å². The van der Waals surface area contributed by atoms with Crippen LogP contribution in [0.4, 0.5) is 10.5 Å². The summed E-state index contributed by atoms with van der Waals surface area (Å²) in [7, 11) is 3.93. The van der Waals surface area contributed by atoms with E-state index in [9.17, 15) is 9.59 Å². The number of nitrogens with one attached hydrogen (secondary N) is 3. The minimum atomic E-state index is -0.410. The van der Waals surface area contributed by atoms with E-state index in [1.807, 2.05) is 73.6 Å². The predicted octanol–water partition coefficient (Wildman–Crippen LogP) is 1.70. The number of urea groups is 1. The summed E-state index contributed by atoms with van der Waals surface area (Å²) in [5.74, 6) is -0.402. The Balaban J connectivity index is 1.67. The van der Waals surface area contributed by atoms with E-state index in [1.54, 1.807) is 6.21 Å². The maximum atomic E-state index is 11.7. The summed E-state index contributed by atoms with van der Waals surface area (Å²) in [4.78, 5) is 25.3. The number of hydrazone groups is 1. The molecule has 0 fully saturated rings. The number of hydrogen-bond donors (Lipinski definition) is 3. The van der Waals surface area contributed by atoms with Crippen LogP contribution >= 0.6 is 0 Å². The third-order valence-corrected chi connectivity index (χ3v) is 3.52. The average molecular weight is 353 g/mol. The molecule has 7 nitrogen and oxygen atoms in total. The normalized spacial score (nSPS) is 10.4. The van der Waals surface area contributed by atoms with Gasteiger partial charge in [-0.05, 0) is 23.3 Å². The molecule has 3 N–H and O–H groups in total. The number of anilines is 1. The highest BCUT2D eigenvalue weighted by atomic mass is 16.2. The Bertz CT molecular complexity index is 742. The molecule has 0 spiro atoms. The maximum absolute atomic E-state index is 11.7. The van der Waals surface area contributed by atoms with Gasteiger partial charge in [-0.1, -0.05) is 42.5 Å². The third kappa shape index (κ3) is 6.64. The van der Waals surface area contributed by atoms with Gasteiger partial charge in [0.2, 0.25) is 0 Å². The lowest BCUT2D eigenvalue weighted by Crippen LogP contribution is -2.40. The molecule has 7 heteroatoms. The van der Waals surface area contributed by atoms with Crippen molar-refractivity contribution >= 4 is 23.8 Å². The summed E-state index contributed by atoms with van der Waals surface area (Å²) >= 11 is 0. The molecule has 0 atom stereocenters. The van der Waals surface area contributed by atoms with Gasteiger partial charge >= 0.3 is 6.03 Å². The van der Waals surface area contributed by atoms with Gasteiger partial charge in [-0.2, -0.15) is 5.10 Å². The molecule has 0 aliphatic rings. The first kappa shape index (κ1) is 19.0. The van der Waals surface area contributed by atoms with Gasteiger partial charge in [0.15, 0.2) is 0 Å². The smallest absolute Gasteiger partial charge is 0.315 e. The molecule has 0 saturated carbocycles. The van der Waals surface area contributed by atoms with Gasteiger partial charge in [-0.15, -0.1) is 0 Å². The van der Waals surface area contributed by atoms with E-state index in [0.717, 1.165) is 16.8 Å². The molecule has 0 radical (unpaired) electrons. The zero-order valence-corrected chi connectivity index (χ0v) is 14.9. The Labute approximate surface area is 153 Å². The van der Waals surface area contributed by atoms with Gasteiger partial charge in [0.1, 0.15) is 6.54 Å². The SMILES string of the molecule is CN(C)c1ccc(/C=N/NC(=O)CNC(=O)NCc2ccccc2)cc1. The molecule has 2 aromatic rings. The summed E-state index contributed by atoms with van der Waals surface area (Å²) in [6, 6.07) is 16.8. The number of amides is 3. The lowest BCUT2D eigenvalue weighted by atomic mass is 10.2. The Morgan fingerprint density at radius 2 is 1.69 bits per heavy atom. The summed E-state index contributed by atoms with van der Waals surface area (Å²) in [6.07, 6.45) is 1.55. The van der Waals surface area contributed by atoms with Crippen LogP contribution in [-0.2, 0) is 11.3 Å². The summed E-state index contributed by atoms with van der Waals surface area (Å²) in [5, 5.41) is 9.04. The zero-order chi connectivity index (χ0) is 18.8. The molecule has 0 bridgehead atoms. The molecule has 0 unspecified atom stereocenters. The van der Waals surface area contributed by atoms with Crippen molar-refractivity contribution in [3.8, 4) is 0 Å². The Kier molecular flexibility index (Phi) is 7.17. The van der Waals surface area contributed by atoms with Crippen molar-refractivity contribution in [2.24, 2.45) is 5.10 Å². The van der Waals surface area contributed by atoms with Gasteiger partial charge in [0, 0.05) is 26.3 Å². The number of rotatable bonds is 7. The monoisotopic (exact) mass is 353 g/mol. The first-order valence-electron chi connectivity index (χ1n) is 8.19. The van der Waals surface area contributed by atoms with E-state index >= 15 is 0 Å². The van der Waals surface area contributed by atoms with E-state index < -0.39 is 11.9 Å². The standard InChI is InChI=1S/C19H23N5O2/c1-24(2)17-10-8-16(9-11-17)13-22-23-18(25)14-21-19(26)20-12-15-6-4-3-5-7-15/h3-11,13H,12,14H2,1-2H3,(H,23,25)(H2,20,21,26)/b22-13+. The van der Waals surface area contributed by atoms with Crippen LogP contribution in [0.15, 0.2) is 59.7 Å². The molecule has 3 amide bonds. The van der Waals surface area contributed by atoms with Crippen molar-refractivity contribution in [3.63, 3.8) is 0 Å². The molecule has 2 aromatic carbocycles. The van der Waals surface area contributed by atoms with Crippen molar-refractivity contribution in [2.75, 3.05) is 25.5 Å². The zero-order valence-electron chi connectivity index (χ0n) is 14.9. The largest absolute Gasteiger partial charge is 0.378 e. The van der Waals surface area contributed by atoms with Crippen LogP contribution in [0.25, 0.3) is 0 Å². The van der Waals surface area contributed by atoms with Crippen LogP contribution in [0.3, 0.4) is 0 Å². The Hall–Kier alpha value is -3.35. The van der Waals surface area contributed by atoms with Crippen molar-refractivity contribution in [3.05, 3.63) is 65.7 Å². The van der Waals surface area contributed by atoms with E-state index in [2.05, 4.69) is 21.2 Å². The highest BCUT2D eigenvalue weighted by molar-refractivity contribution is 5.86. The van der Waals surface area contributed by atoms with Gasteiger partial charge < -0.3 is 15.5 Å². The van der Waals surface area contributed by atoms with E-state index in [0.29, 0.717) is 6.54 Å². The quantitative estimate of drug-likeness (QED) is 0.523. The lowest BCUT2D eigenvalue weighted by molar-refractivity contribution is -0.120. The molecule has 26 heavy (non-hydrogen) atoms. The second kappa shape index (κ2) is 9.83. The lowest BCUT2D eigenvalue weighted by Gasteiger charge is -2.11. The second-order valence-corrected chi connectivity index (χ2v) is 5.80. The number of benzene rings is 2. The van der Waals surface area contributed by atoms with Crippen molar-refractivity contribution in [2.45, 2.75) is 6.54 Å². The van der Waals surface area contributed by atoms with Gasteiger partial charge in [-0.25, -0.2) is 10.2 Å². The molecule has 136 valence electrons. The minimum Gasteiger partial charge on any atom is -0.378 e. The molecular formula is C19H23N5O2. The van der Waals surface area contributed by atoms with Crippen LogP contribution in [0.1, 0.15) is 11.1 Å². The molecule has 0 aliphatic heterocycles. The predicted molar refractivity (Wildman–Crippen MR) is 103 cm³/mol. The van der Waals surface area contributed by atoms with Crippen LogP contribution in [0, 0.1) is 0 Å². The third-order valence-electron chi connectivity index (χ3n) is 3.52. The second-order valence-electron chi connectivity index (χ2n) is 5.80. The van der Waals surface area contributed by atoms with Crippen LogP contribution in [-0.4, -0.2) is 38.8 Å². The van der Waals surface area contributed by atoms with Crippen LogP contribution in [0.2, 0.25) is 0 Å². The first-order chi connectivity index (χ1) is 12.5. The Morgan fingerprint density at radius 3 is 2.35 bits per heavy atom.